The van der Waals surface area contributed by atoms with E-state index < -0.39 is 0 Å². The van der Waals surface area contributed by atoms with Crippen LogP contribution in [-0.2, 0) is 25.7 Å². The summed E-state index contributed by atoms with van der Waals surface area (Å²) < 4.78 is 16.3. The number of hydrogen-bond donors (Lipinski definition) is 0. The lowest BCUT2D eigenvalue weighted by molar-refractivity contribution is -0.145. The van der Waals surface area contributed by atoms with Crippen LogP contribution in [0, 0.1) is 0 Å². The summed E-state index contributed by atoms with van der Waals surface area (Å²) >= 11 is 0. The Morgan fingerprint density at radius 1 is 0.656 bits per heavy atom. The van der Waals surface area contributed by atoms with Crippen LogP contribution in [-0.4, -0.2) is 18.5 Å². The quantitative estimate of drug-likeness (QED) is 0.208. The van der Waals surface area contributed by atoms with Crippen molar-refractivity contribution in [1.82, 2.24) is 0 Å². The van der Waals surface area contributed by atoms with Crippen molar-refractivity contribution in [3.63, 3.8) is 0 Å². The molecule has 0 aliphatic heterocycles. The summed E-state index contributed by atoms with van der Waals surface area (Å²) in [6, 6.07) is 17.2. The third-order valence-corrected chi connectivity index (χ3v) is 5.07. The lowest BCUT2D eigenvalue weighted by atomic mass is 10.1. The topological polar surface area (TPSA) is 61.8 Å². The molecule has 0 amide bonds. The predicted octanol–water partition coefficient (Wildman–Crippen LogP) is 6.99. The SMILES string of the molecule is CCCCOC(=O)CCCCCCCCC(=O)OCc1ccc(Oc2ccccc2)cc1. The third-order valence-electron chi connectivity index (χ3n) is 5.07. The van der Waals surface area contributed by atoms with Gasteiger partial charge in [0.25, 0.3) is 0 Å². The molecule has 174 valence electrons. The molecule has 5 heteroatoms. The van der Waals surface area contributed by atoms with Crippen molar-refractivity contribution in [3.05, 3.63) is 60.2 Å². The fraction of sp³-hybridized carbons (Fsp3) is 0.481. The van der Waals surface area contributed by atoms with Crippen LogP contribution in [0.15, 0.2) is 54.6 Å². The maximum atomic E-state index is 11.9. The summed E-state index contributed by atoms with van der Waals surface area (Å²) in [7, 11) is 0. The van der Waals surface area contributed by atoms with Crippen LogP contribution in [0.2, 0.25) is 0 Å². The van der Waals surface area contributed by atoms with Gasteiger partial charge in [0, 0.05) is 12.8 Å². The highest BCUT2D eigenvalue weighted by molar-refractivity contribution is 5.69. The molecule has 0 aliphatic carbocycles. The van der Waals surface area contributed by atoms with Gasteiger partial charge in [0.15, 0.2) is 0 Å². The first kappa shape index (κ1) is 25.4. The smallest absolute Gasteiger partial charge is 0.306 e. The molecule has 2 aromatic carbocycles. The minimum absolute atomic E-state index is 0.0837. The highest BCUT2D eigenvalue weighted by Crippen LogP contribution is 2.21. The Hall–Kier alpha value is -2.82. The van der Waals surface area contributed by atoms with E-state index in [0.717, 1.165) is 68.4 Å². The van der Waals surface area contributed by atoms with Crippen molar-refractivity contribution in [1.29, 1.82) is 0 Å². The fourth-order valence-electron chi connectivity index (χ4n) is 3.16. The zero-order valence-corrected chi connectivity index (χ0v) is 19.2. The molecule has 0 saturated carbocycles. The van der Waals surface area contributed by atoms with Gasteiger partial charge in [-0.3, -0.25) is 9.59 Å². The van der Waals surface area contributed by atoms with Gasteiger partial charge >= 0.3 is 11.9 Å². The molecule has 32 heavy (non-hydrogen) atoms. The number of carbonyl (C=O) groups is 2. The number of unbranched alkanes of at least 4 members (excludes halogenated alkanes) is 6. The number of ether oxygens (including phenoxy) is 3. The van der Waals surface area contributed by atoms with E-state index in [-0.39, 0.29) is 18.5 Å². The number of esters is 2. The molecule has 5 nitrogen and oxygen atoms in total. The van der Waals surface area contributed by atoms with Crippen molar-refractivity contribution in [2.75, 3.05) is 6.61 Å². The molecule has 0 aromatic heterocycles. The van der Waals surface area contributed by atoms with Crippen LogP contribution in [0.1, 0.15) is 76.7 Å². The largest absolute Gasteiger partial charge is 0.466 e. The van der Waals surface area contributed by atoms with Crippen LogP contribution in [0.4, 0.5) is 0 Å². The van der Waals surface area contributed by atoms with Crippen LogP contribution in [0.3, 0.4) is 0 Å². The molecule has 2 rings (SSSR count). The fourth-order valence-corrected chi connectivity index (χ4v) is 3.16. The summed E-state index contributed by atoms with van der Waals surface area (Å²) in [6.07, 6.45) is 8.82. The average molecular weight is 441 g/mol. The minimum atomic E-state index is -0.163. The first-order chi connectivity index (χ1) is 15.7. The predicted molar refractivity (Wildman–Crippen MR) is 126 cm³/mol. The number of para-hydroxylation sites is 1. The Morgan fingerprint density at radius 3 is 1.84 bits per heavy atom. The van der Waals surface area contributed by atoms with Crippen molar-refractivity contribution in [2.45, 2.75) is 77.7 Å². The van der Waals surface area contributed by atoms with E-state index in [9.17, 15) is 9.59 Å². The molecule has 0 saturated heterocycles. The lowest BCUT2D eigenvalue weighted by Gasteiger charge is -2.08. The number of benzene rings is 2. The van der Waals surface area contributed by atoms with Crippen molar-refractivity contribution in [2.24, 2.45) is 0 Å². The lowest BCUT2D eigenvalue weighted by Crippen LogP contribution is -2.05. The summed E-state index contributed by atoms with van der Waals surface area (Å²) in [4.78, 5) is 23.4. The zero-order chi connectivity index (χ0) is 22.9. The van der Waals surface area contributed by atoms with Gasteiger partial charge in [-0.1, -0.05) is 69.4 Å². The highest BCUT2D eigenvalue weighted by Gasteiger charge is 2.05. The average Bonchev–Trinajstić information content (AvgIpc) is 2.81. The van der Waals surface area contributed by atoms with Crippen LogP contribution in [0.25, 0.3) is 0 Å². The first-order valence-corrected chi connectivity index (χ1v) is 11.8. The van der Waals surface area contributed by atoms with E-state index in [1.165, 1.54) is 0 Å². The Balaban J connectivity index is 1.47. The maximum Gasteiger partial charge on any atom is 0.306 e. The Morgan fingerprint density at radius 2 is 1.22 bits per heavy atom. The summed E-state index contributed by atoms with van der Waals surface area (Å²) in [5, 5.41) is 0. The molecular weight excluding hydrogens is 404 g/mol. The van der Waals surface area contributed by atoms with E-state index in [1.54, 1.807) is 0 Å². The zero-order valence-electron chi connectivity index (χ0n) is 19.2. The van der Waals surface area contributed by atoms with Gasteiger partial charge < -0.3 is 14.2 Å². The standard InChI is InChI=1S/C27H36O5/c1-2-3-21-30-26(28)15-11-6-4-5-7-12-16-27(29)31-22-23-17-19-25(20-18-23)32-24-13-9-8-10-14-24/h8-10,13-14,17-20H,2-7,11-12,15-16,21-22H2,1H3. The molecule has 0 heterocycles. The third kappa shape index (κ3) is 11.5. The minimum Gasteiger partial charge on any atom is -0.466 e. The Labute approximate surface area is 192 Å². The number of hydrogen-bond acceptors (Lipinski definition) is 5. The van der Waals surface area contributed by atoms with E-state index in [4.69, 9.17) is 14.2 Å². The summed E-state index contributed by atoms with van der Waals surface area (Å²) in [6.45, 7) is 2.90. The van der Waals surface area contributed by atoms with Gasteiger partial charge in [0.1, 0.15) is 18.1 Å². The Bertz CT molecular complexity index is 770. The van der Waals surface area contributed by atoms with Gasteiger partial charge in [-0.15, -0.1) is 0 Å². The van der Waals surface area contributed by atoms with Crippen molar-refractivity contribution in [3.8, 4) is 11.5 Å². The van der Waals surface area contributed by atoms with Crippen LogP contribution >= 0.6 is 0 Å². The molecular formula is C27H36O5. The van der Waals surface area contributed by atoms with Gasteiger partial charge in [0.2, 0.25) is 0 Å². The second kappa shape index (κ2) is 15.9. The monoisotopic (exact) mass is 440 g/mol. The molecule has 2 aromatic rings. The summed E-state index contributed by atoms with van der Waals surface area (Å²) in [5.41, 5.74) is 0.937. The van der Waals surface area contributed by atoms with Gasteiger partial charge in [-0.25, -0.2) is 0 Å². The van der Waals surface area contributed by atoms with Gasteiger partial charge in [-0.2, -0.15) is 0 Å². The molecule has 0 N–H and O–H groups in total. The number of carbonyl (C=O) groups excluding carboxylic acids is 2. The molecule has 0 aliphatic rings. The first-order valence-electron chi connectivity index (χ1n) is 11.8. The highest BCUT2D eigenvalue weighted by atomic mass is 16.5. The second-order valence-corrected chi connectivity index (χ2v) is 7.92. The number of rotatable bonds is 16. The van der Waals surface area contributed by atoms with E-state index in [2.05, 4.69) is 6.92 Å². The van der Waals surface area contributed by atoms with Gasteiger partial charge in [-0.05, 0) is 49.1 Å². The second-order valence-electron chi connectivity index (χ2n) is 7.92. The molecule has 0 bridgehead atoms. The van der Waals surface area contributed by atoms with Crippen LogP contribution in [0.5, 0.6) is 11.5 Å². The van der Waals surface area contributed by atoms with Crippen molar-refractivity contribution >= 4 is 11.9 Å². The normalized spacial score (nSPS) is 10.5. The van der Waals surface area contributed by atoms with E-state index >= 15 is 0 Å². The maximum absolute atomic E-state index is 11.9. The molecule has 0 fully saturated rings. The molecule has 0 spiro atoms. The molecule has 0 atom stereocenters. The summed E-state index contributed by atoms with van der Waals surface area (Å²) in [5.74, 6) is 1.29. The molecule has 0 radical (unpaired) electrons. The van der Waals surface area contributed by atoms with Crippen LogP contribution < -0.4 is 4.74 Å². The van der Waals surface area contributed by atoms with E-state index in [0.29, 0.717) is 19.4 Å². The Kier molecular flexibility index (Phi) is 12.6. The molecule has 0 unspecified atom stereocenters. The van der Waals surface area contributed by atoms with Crippen molar-refractivity contribution < 1.29 is 23.8 Å². The van der Waals surface area contributed by atoms with E-state index in [1.807, 2.05) is 54.6 Å². The van der Waals surface area contributed by atoms with Gasteiger partial charge in [0.05, 0.1) is 6.61 Å².